The fourth-order valence-corrected chi connectivity index (χ4v) is 5.42. The normalized spacial score (nSPS) is 19.7. The van der Waals surface area contributed by atoms with Crippen LogP contribution in [0.3, 0.4) is 0 Å². The first kappa shape index (κ1) is 30.6. The van der Waals surface area contributed by atoms with E-state index in [2.05, 4.69) is 35.6 Å². The predicted octanol–water partition coefficient (Wildman–Crippen LogP) is 4.52. The summed E-state index contributed by atoms with van der Waals surface area (Å²) in [6.45, 7) is 12.3. The zero-order valence-corrected chi connectivity index (χ0v) is 25.3. The largest absolute Gasteiger partial charge is 0.444 e. The van der Waals surface area contributed by atoms with Crippen LogP contribution in [0.1, 0.15) is 76.2 Å². The number of piperidine rings is 1. The third-order valence-electron chi connectivity index (χ3n) is 7.66. The van der Waals surface area contributed by atoms with Crippen molar-refractivity contribution in [3.8, 4) is 0 Å². The lowest BCUT2D eigenvalue weighted by Gasteiger charge is -2.31. The topological polar surface area (TPSA) is 122 Å². The summed E-state index contributed by atoms with van der Waals surface area (Å²) in [5.41, 5.74) is 0.423. The number of halogens is 2. The molecule has 2 fully saturated rings. The van der Waals surface area contributed by atoms with Gasteiger partial charge in [-0.05, 0) is 57.4 Å². The standard InChI is InChI=1S/C30H40F2N8O3/c1-18(2)26-37-28(43-38-26)39-10-8-21(9-11-39)33-13-19-14-34-27(35-15-19)40-16-23(22-12-20(31)6-7-24(22)32)25(17-40)36-29(41)42-30(3,4)5/h6-7,12,14-15,18,21,23,25,33H,8-11,13,16-17H2,1-5H3,(H,36,41)/t23-,25+/m1/s1. The van der Waals surface area contributed by atoms with E-state index in [1.165, 1.54) is 6.07 Å². The highest BCUT2D eigenvalue weighted by molar-refractivity contribution is 5.68. The molecule has 2 aliphatic heterocycles. The number of nitrogens with zero attached hydrogens (tertiary/aromatic N) is 6. The van der Waals surface area contributed by atoms with Crippen molar-refractivity contribution >= 4 is 18.1 Å². The van der Waals surface area contributed by atoms with Crippen LogP contribution in [0, 0.1) is 11.6 Å². The molecule has 1 aromatic carbocycles. The molecule has 2 aromatic heterocycles. The zero-order valence-electron chi connectivity index (χ0n) is 25.3. The summed E-state index contributed by atoms with van der Waals surface area (Å²) in [6.07, 6.45) is 4.80. The van der Waals surface area contributed by atoms with Crippen molar-refractivity contribution in [2.45, 2.75) is 83.5 Å². The van der Waals surface area contributed by atoms with Gasteiger partial charge < -0.3 is 29.7 Å². The molecule has 0 saturated carbocycles. The second kappa shape index (κ2) is 12.8. The molecule has 5 rings (SSSR count). The Morgan fingerprint density at radius 1 is 1.12 bits per heavy atom. The van der Waals surface area contributed by atoms with Crippen LogP contribution < -0.4 is 20.4 Å². The van der Waals surface area contributed by atoms with Gasteiger partial charge in [0.2, 0.25) is 5.95 Å². The van der Waals surface area contributed by atoms with Gasteiger partial charge in [0.05, 0.1) is 6.04 Å². The number of anilines is 2. The second-order valence-electron chi connectivity index (χ2n) is 12.6. The summed E-state index contributed by atoms with van der Waals surface area (Å²) in [6, 6.07) is 3.75. The van der Waals surface area contributed by atoms with E-state index in [1.807, 2.05) is 18.7 Å². The van der Waals surface area contributed by atoms with E-state index >= 15 is 0 Å². The number of hydrogen-bond donors (Lipinski definition) is 2. The Kier molecular flexibility index (Phi) is 9.09. The Hall–Kier alpha value is -3.87. The van der Waals surface area contributed by atoms with Gasteiger partial charge in [0.25, 0.3) is 0 Å². The third-order valence-corrected chi connectivity index (χ3v) is 7.66. The van der Waals surface area contributed by atoms with E-state index in [0.717, 1.165) is 49.5 Å². The molecule has 43 heavy (non-hydrogen) atoms. The van der Waals surface area contributed by atoms with Crippen LogP contribution in [-0.4, -0.2) is 70.1 Å². The van der Waals surface area contributed by atoms with Gasteiger partial charge in [0.1, 0.15) is 17.2 Å². The molecule has 3 aromatic rings. The summed E-state index contributed by atoms with van der Waals surface area (Å²) in [5.74, 6) is -0.201. The molecule has 2 N–H and O–H groups in total. The minimum atomic E-state index is -0.697. The number of alkyl carbamates (subject to hydrolysis) is 1. The maximum atomic E-state index is 14.8. The molecule has 2 aliphatic rings. The molecule has 0 unspecified atom stereocenters. The molecule has 13 heteroatoms. The molecule has 1 amide bonds. The molecule has 0 aliphatic carbocycles. The van der Waals surface area contributed by atoms with Gasteiger partial charge >= 0.3 is 12.1 Å². The van der Waals surface area contributed by atoms with Crippen LogP contribution in [-0.2, 0) is 11.3 Å². The number of ether oxygens (including phenoxy) is 1. The molecular formula is C30H40F2N8O3. The Balaban J connectivity index is 1.18. The maximum Gasteiger partial charge on any atom is 0.407 e. The average Bonchev–Trinajstić information content (AvgIpc) is 3.61. The quantitative estimate of drug-likeness (QED) is 0.383. The zero-order chi connectivity index (χ0) is 30.7. The van der Waals surface area contributed by atoms with Gasteiger partial charge in [0.15, 0.2) is 5.82 Å². The van der Waals surface area contributed by atoms with Crippen LogP contribution >= 0.6 is 0 Å². The molecular weight excluding hydrogens is 558 g/mol. The molecule has 11 nitrogen and oxygen atoms in total. The molecule has 2 saturated heterocycles. The van der Waals surface area contributed by atoms with Crippen LogP contribution in [0.4, 0.5) is 25.5 Å². The van der Waals surface area contributed by atoms with Crippen molar-refractivity contribution in [1.29, 1.82) is 0 Å². The number of aromatic nitrogens is 4. The van der Waals surface area contributed by atoms with E-state index in [9.17, 15) is 13.6 Å². The first-order chi connectivity index (χ1) is 20.4. The summed E-state index contributed by atoms with van der Waals surface area (Å²) in [7, 11) is 0. The van der Waals surface area contributed by atoms with E-state index in [-0.39, 0.29) is 11.5 Å². The minimum Gasteiger partial charge on any atom is -0.444 e. The van der Waals surface area contributed by atoms with Crippen LogP contribution in [0.5, 0.6) is 0 Å². The van der Waals surface area contributed by atoms with Crippen molar-refractivity contribution in [3.05, 3.63) is 59.2 Å². The van der Waals surface area contributed by atoms with Crippen molar-refractivity contribution in [2.75, 3.05) is 36.0 Å². The number of carbonyl (C=O) groups excluding carboxylic acids is 1. The van der Waals surface area contributed by atoms with Crippen molar-refractivity contribution in [1.82, 2.24) is 30.7 Å². The monoisotopic (exact) mass is 598 g/mol. The van der Waals surface area contributed by atoms with E-state index in [0.29, 0.717) is 37.6 Å². The number of rotatable bonds is 8. The molecule has 4 heterocycles. The highest BCUT2D eigenvalue weighted by Gasteiger charge is 2.38. The lowest BCUT2D eigenvalue weighted by molar-refractivity contribution is 0.0504. The number of nitrogens with one attached hydrogen (secondary N) is 2. The molecule has 0 radical (unpaired) electrons. The smallest absolute Gasteiger partial charge is 0.407 e. The van der Waals surface area contributed by atoms with Crippen LogP contribution in [0.25, 0.3) is 0 Å². The SMILES string of the molecule is CC(C)c1noc(N2CCC(NCc3cnc(N4C[C@H](NC(=O)OC(C)(C)C)[C@@H](c5cc(F)ccc5F)C4)nc3)CC2)n1. The Labute approximate surface area is 250 Å². The molecule has 232 valence electrons. The minimum absolute atomic E-state index is 0.190. The number of amides is 1. The summed E-state index contributed by atoms with van der Waals surface area (Å²) in [5, 5.41) is 10.5. The highest BCUT2D eigenvalue weighted by atomic mass is 19.1. The fraction of sp³-hybridized carbons (Fsp3) is 0.567. The van der Waals surface area contributed by atoms with E-state index in [4.69, 9.17) is 9.26 Å². The Morgan fingerprint density at radius 2 is 1.84 bits per heavy atom. The van der Waals surface area contributed by atoms with Gasteiger partial charge in [-0.3, -0.25) is 0 Å². The number of hydrogen-bond acceptors (Lipinski definition) is 10. The van der Waals surface area contributed by atoms with E-state index < -0.39 is 35.3 Å². The summed E-state index contributed by atoms with van der Waals surface area (Å²) < 4.78 is 39.7. The first-order valence-electron chi connectivity index (χ1n) is 14.8. The number of carbonyl (C=O) groups is 1. The maximum absolute atomic E-state index is 14.8. The highest BCUT2D eigenvalue weighted by Crippen LogP contribution is 2.32. The molecule has 2 atom stereocenters. The lowest BCUT2D eigenvalue weighted by atomic mass is 9.94. The van der Waals surface area contributed by atoms with Gasteiger partial charge in [-0.2, -0.15) is 4.98 Å². The summed E-state index contributed by atoms with van der Waals surface area (Å²) in [4.78, 5) is 30.2. The average molecular weight is 599 g/mol. The predicted molar refractivity (Wildman–Crippen MR) is 157 cm³/mol. The third kappa shape index (κ3) is 7.75. The van der Waals surface area contributed by atoms with Gasteiger partial charge in [-0.25, -0.2) is 23.5 Å². The van der Waals surface area contributed by atoms with Crippen molar-refractivity contribution in [3.63, 3.8) is 0 Å². The van der Waals surface area contributed by atoms with Crippen molar-refractivity contribution in [2.24, 2.45) is 0 Å². The van der Waals surface area contributed by atoms with Gasteiger partial charge in [-0.1, -0.05) is 19.0 Å². The van der Waals surface area contributed by atoms with E-state index in [1.54, 1.807) is 33.2 Å². The molecule has 0 spiro atoms. The number of benzene rings is 1. The Morgan fingerprint density at radius 3 is 2.49 bits per heavy atom. The van der Waals surface area contributed by atoms with Crippen LogP contribution in [0.15, 0.2) is 35.1 Å². The second-order valence-corrected chi connectivity index (χ2v) is 12.6. The van der Waals surface area contributed by atoms with Crippen molar-refractivity contribution < 1.29 is 22.8 Å². The van der Waals surface area contributed by atoms with Crippen LogP contribution in [0.2, 0.25) is 0 Å². The summed E-state index contributed by atoms with van der Waals surface area (Å²) >= 11 is 0. The van der Waals surface area contributed by atoms with Gasteiger partial charge in [0, 0.05) is 68.6 Å². The lowest BCUT2D eigenvalue weighted by Crippen LogP contribution is -2.43. The van der Waals surface area contributed by atoms with Gasteiger partial charge in [-0.15, -0.1) is 0 Å². The first-order valence-corrected chi connectivity index (χ1v) is 14.8. The Bertz CT molecular complexity index is 1390. The molecule has 0 bridgehead atoms. The fourth-order valence-electron chi connectivity index (χ4n) is 5.42.